The van der Waals surface area contributed by atoms with Crippen LogP contribution in [0.15, 0.2) is 67.0 Å². The Morgan fingerprint density at radius 1 is 1.00 bits per heavy atom. The van der Waals surface area contributed by atoms with Gasteiger partial charge in [0.15, 0.2) is 0 Å². The van der Waals surface area contributed by atoms with Gasteiger partial charge in [-0.05, 0) is 24.3 Å². The zero-order valence-electron chi connectivity index (χ0n) is 11.4. The Balaban J connectivity index is 1.69. The third-order valence-electron chi connectivity index (χ3n) is 3.18. The van der Waals surface area contributed by atoms with Crippen molar-refractivity contribution in [2.75, 3.05) is 17.2 Å². The molecule has 0 bridgehead atoms. The van der Waals surface area contributed by atoms with Crippen LogP contribution in [0.2, 0.25) is 0 Å². The second-order valence-corrected chi connectivity index (χ2v) is 4.67. The highest BCUT2D eigenvalue weighted by Crippen LogP contribution is 2.21. The number of nitrogens with one attached hydrogen (secondary N) is 2. The molecule has 0 saturated carbocycles. The number of nitrogens with zero attached hydrogens (tertiary/aromatic N) is 1. The fraction of sp³-hybridized carbons (Fsp3) is 0.0588. The number of carbonyl (C=O) groups excluding carboxylic acids is 1. The molecule has 1 amide bonds. The van der Waals surface area contributed by atoms with E-state index in [0.717, 1.165) is 22.1 Å². The van der Waals surface area contributed by atoms with Crippen LogP contribution in [0.4, 0.5) is 11.4 Å². The van der Waals surface area contributed by atoms with Crippen molar-refractivity contribution in [3.63, 3.8) is 0 Å². The standard InChI is InChI=1S/C17H15N3O/c21-17(12-19-14-6-2-1-3-7-14)20-16-8-4-5-13-11-18-10-9-15(13)16/h1-11,19H,12H2,(H,20,21). The molecule has 3 rings (SSSR count). The minimum absolute atomic E-state index is 0.0804. The second kappa shape index (κ2) is 6.05. The van der Waals surface area contributed by atoms with E-state index in [-0.39, 0.29) is 12.5 Å². The van der Waals surface area contributed by atoms with Crippen LogP contribution in [0.1, 0.15) is 0 Å². The van der Waals surface area contributed by atoms with E-state index in [2.05, 4.69) is 15.6 Å². The summed E-state index contributed by atoms with van der Waals surface area (Å²) in [6.45, 7) is 0.228. The lowest BCUT2D eigenvalue weighted by Gasteiger charge is -2.10. The van der Waals surface area contributed by atoms with E-state index < -0.39 is 0 Å². The van der Waals surface area contributed by atoms with Crippen LogP contribution in [0.25, 0.3) is 10.8 Å². The van der Waals surface area contributed by atoms with Crippen molar-refractivity contribution < 1.29 is 4.79 Å². The van der Waals surface area contributed by atoms with Gasteiger partial charge in [0.25, 0.3) is 0 Å². The lowest BCUT2D eigenvalue weighted by molar-refractivity contribution is -0.114. The number of para-hydroxylation sites is 1. The van der Waals surface area contributed by atoms with Crippen LogP contribution in [0.5, 0.6) is 0 Å². The highest BCUT2D eigenvalue weighted by Gasteiger charge is 2.05. The first kappa shape index (κ1) is 13.1. The van der Waals surface area contributed by atoms with Crippen LogP contribution in [0, 0.1) is 0 Å². The van der Waals surface area contributed by atoms with Gasteiger partial charge in [0.2, 0.25) is 5.91 Å². The number of fused-ring (bicyclic) bond motifs is 1. The van der Waals surface area contributed by atoms with Crippen molar-refractivity contribution in [1.29, 1.82) is 0 Å². The Hall–Kier alpha value is -2.88. The summed E-state index contributed by atoms with van der Waals surface area (Å²) in [5.74, 6) is -0.0804. The average molecular weight is 277 g/mol. The van der Waals surface area contributed by atoms with Gasteiger partial charge in [-0.2, -0.15) is 0 Å². The summed E-state index contributed by atoms with van der Waals surface area (Å²) < 4.78 is 0. The lowest BCUT2D eigenvalue weighted by atomic mass is 10.1. The molecule has 3 aromatic rings. The maximum absolute atomic E-state index is 12.0. The number of rotatable bonds is 4. The second-order valence-electron chi connectivity index (χ2n) is 4.67. The van der Waals surface area contributed by atoms with Gasteiger partial charge in [0.1, 0.15) is 0 Å². The molecule has 2 N–H and O–H groups in total. The highest BCUT2D eigenvalue weighted by atomic mass is 16.1. The first-order chi connectivity index (χ1) is 10.3. The molecule has 0 unspecified atom stereocenters. The molecule has 1 aromatic heterocycles. The number of anilines is 2. The Morgan fingerprint density at radius 3 is 2.71 bits per heavy atom. The fourth-order valence-corrected chi connectivity index (χ4v) is 2.16. The minimum Gasteiger partial charge on any atom is -0.376 e. The monoisotopic (exact) mass is 277 g/mol. The third-order valence-corrected chi connectivity index (χ3v) is 3.18. The molecule has 4 nitrogen and oxygen atoms in total. The van der Waals surface area contributed by atoms with Gasteiger partial charge < -0.3 is 10.6 Å². The zero-order valence-corrected chi connectivity index (χ0v) is 11.4. The Kier molecular flexibility index (Phi) is 3.78. The van der Waals surface area contributed by atoms with E-state index in [0.29, 0.717) is 0 Å². The molecule has 0 aliphatic carbocycles. The van der Waals surface area contributed by atoms with Crippen molar-refractivity contribution in [1.82, 2.24) is 4.98 Å². The van der Waals surface area contributed by atoms with Gasteiger partial charge in [-0.25, -0.2) is 0 Å². The summed E-state index contributed by atoms with van der Waals surface area (Å²) in [6.07, 6.45) is 3.51. The molecule has 2 aromatic carbocycles. The Bertz CT molecular complexity index is 751. The Morgan fingerprint density at radius 2 is 1.86 bits per heavy atom. The van der Waals surface area contributed by atoms with E-state index in [1.165, 1.54) is 0 Å². The van der Waals surface area contributed by atoms with Crippen LogP contribution in [-0.4, -0.2) is 17.4 Å². The maximum atomic E-state index is 12.0. The van der Waals surface area contributed by atoms with E-state index in [4.69, 9.17) is 0 Å². The normalized spacial score (nSPS) is 10.3. The number of amides is 1. The number of hydrogen-bond acceptors (Lipinski definition) is 3. The Labute approximate surface area is 122 Å². The van der Waals surface area contributed by atoms with Crippen molar-refractivity contribution in [2.45, 2.75) is 0 Å². The van der Waals surface area contributed by atoms with Crippen LogP contribution < -0.4 is 10.6 Å². The van der Waals surface area contributed by atoms with E-state index >= 15 is 0 Å². The van der Waals surface area contributed by atoms with Crippen molar-refractivity contribution in [3.05, 3.63) is 67.0 Å². The summed E-state index contributed by atoms with van der Waals surface area (Å²) in [7, 11) is 0. The van der Waals surface area contributed by atoms with Crippen molar-refractivity contribution in [2.24, 2.45) is 0 Å². The van der Waals surface area contributed by atoms with Gasteiger partial charge in [-0.1, -0.05) is 30.3 Å². The molecule has 0 spiro atoms. The smallest absolute Gasteiger partial charge is 0.243 e. The quantitative estimate of drug-likeness (QED) is 0.769. The molecule has 0 aliphatic heterocycles. The third kappa shape index (κ3) is 3.17. The van der Waals surface area contributed by atoms with Crippen molar-refractivity contribution >= 4 is 28.1 Å². The highest BCUT2D eigenvalue weighted by molar-refractivity contribution is 6.02. The summed E-state index contributed by atoms with van der Waals surface area (Å²) in [5.41, 5.74) is 1.73. The summed E-state index contributed by atoms with van der Waals surface area (Å²) >= 11 is 0. The molecule has 0 radical (unpaired) electrons. The van der Waals surface area contributed by atoms with E-state index in [1.54, 1.807) is 12.4 Å². The van der Waals surface area contributed by atoms with Gasteiger partial charge in [0, 0.05) is 34.5 Å². The van der Waals surface area contributed by atoms with Gasteiger partial charge in [-0.15, -0.1) is 0 Å². The number of pyridine rings is 1. The molecule has 104 valence electrons. The molecular weight excluding hydrogens is 262 g/mol. The van der Waals surface area contributed by atoms with Gasteiger partial charge >= 0.3 is 0 Å². The molecule has 21 heavy (non-hydrogen) atoms. The van der Waals surface area contributed by atoms with Gasteiger partial charge in [0.05, 0.1) is 6.54 Å². The first-order valence-electron chi connectivity index (χ1n) is 6.74. The van der Waals surface area contributed by atoms with Gasteiger partial charge in [-0.3, -0.25) is 9.78 Å². The lowest BCUT2D eigenvalue weighted by Crippen LogP contribution is -2.21. The molecule has 1 heterocycles. The van der Waals surface area contributed by atoms with Crippen LogP contribution in [0.3, 0.4) is 0 Å². The predicted octanol–water partition coefficient (Wildman–Crippen LogP) is 3.29. The number of aromatic nitrogens is 1. The topological polar surface area (TPSA) is 54.0 Å². The SMILES string of the molecule is O=C(CNc1ccccc1)Nc1cccc2cnccc12. The number of benzene rings is 2. The van der Waals surface area contributed by atoms with E-state index in [9.17, 15) is 4.79 Å². The van der Waals surface area contributed by atoms with E-state index in [1.807, 2.05) is 54.6 Å². The predicted molar refractivity (Wildman–Crippen MR) is 85.3 cm³/mol. The summed E-state index contributed by atoms with van der Waals surface area (Å²) in [6, 6.07) is 17.3. The largest absolute Gasteiger partial charge is 0.376 e. The molecule has 0 atom stereocenters. The molecule has 0 fully saturated rings. The van der Waals surface area contributed by atoms with Crippen LogP contribution >= 0.6 is 0 Å². The summed E-state index contributed by atoms with van der Waals surface area (Å²) in [4.78, 5) is 16.1. The molecule has 0 saturated heterocycles. The maximum Gasteiger partial charge on any atom is 0.243 e. The molecule has 4 heteroatoms. The number of hydrogen-bond donors (Lipinski definition) is 2. The summed E-state index contributed by atoms with van der Waals surface area (Å²) in [5, 5.41) is 8.01. The minimum atomic E-state index is -0.0804. The average Bonchev–Trinajstić information content (AvgIpc) is 2.54. The molecular formula is C17H15N3O. The zero-order chi connectivity index (χ0) is 14.5. The van der Waals surface area contributed by atoms with Crippen molar-refractivity contribution in [3.8, 4) is 0 Å². The first-order valence-corrected chi connectivity index (χ1v) is 6.74. The molecule has 0 aliphatic rings. The van der Waals surface area contributed by atoms with Crippen LogP contribution in [-0.2, 0) is 4.79 Å². The number of carbonyl (C=O) groups is 1. The fourth-order valence-electron chi connectivity index (χ4n) is 2.16.